The average Bonchev–Trinajstić information content (AvgIpc) is 3.32. The van der Waals surface area contributed by atoms with E-state index in [9.17, 15) is 4.39 Å². The van der Waals surface area contributed by atoms with Crippen LogP contribution in [0.25, 0.3) is 0 Å². The van der Waals surface area contributed by atoms with Crippen molar-refractivity contribution in [1.82, 2.24) is 5.32 Å². The summed E-state index contributed by atoms with van der Waals surface area (Å²) in [5, 5.41) is 3.37. The second kappa shape index (κ2) is 4.98. The molecule has 21 heavy (non-hydrogen) atoms. The van der Waals surface area contributed by atoms with E-state index in [1.807, 2.05) is 13.1 Å². The first kappa shape index (κ1) is 13.6. The predicted molar refractivity (Wildman–Crippen MR) is 80.9 cm³/mol. The lowest BCUT2D eigenvalue weighted by molar-refractivity contribution is -0.0240. The topological polar surface area (TPSA) is 21.3 Å². The standard InChI is InChI=1S/C18H24FNO/c1-20-16-11-18(8-2-3-13(10-18)12-4-5-12)21-17-7-6-14(19)9-15(16)17/h6-7,9,12-13,16,20H,2-5,8,10-11H2,1H3. The second-order valence-corrected chi connectivity index (χ2v) is 7.21. The maximum Gasteiger partial charge on any atom is 0.125 e. The molecule has 2 saturated carbocycles. The zero-order valence-electron chi connectivity index (χ0n) is 12.7. The van der Waals surface area contributed by atoms with Crippen LogP contribution in [0, 0.1) is 17.7 Å². The maximum atomic E-state index is 13.5. The minimum Gasteiger partial charge on any atom is -0.487 e. The summed E-state index contributed by atoms with van der Waals surface area (Å²) in [6.07, 6.45) is 8.78. The second-order valence-electron chi connectivity index (χ2n) is 7.21. The highest BCUT2D eigenvalue weighted by Gasteiger charge is 2.47. The van der Waals surface area contributed by atoms with Crippen LogP contribution in [0.2, 0.25) is 0 Å². The van der Waals surface area contributed by atoms with Crippen LogP contribution in [0.1, 0.15) is 56.6 Å². The first-order valence-corrected chi connectivity index (χ1v) is 8.35. The Morgan fingerprint density at radius 1 is 1.19 bits per heavy atom. The van der Waals surface area contributed by atoms with Gasteiger partial charge in [0.05, 0.1) is 0 Å². The van der Waals surface area contributed by atoms with Crippen LogP contribution < -0.4 is 10.1 Å². The van der Waals surface area contributed by atoms with Crippen molar-refractivity contribution >= 4 is 0 Å². The first-order valence-electron chi connectivity index (χ1n) is 8.35. The van der Waals surface area contributed by atoms with E-state index in [0.29, 0.717) is 0 Å². The van der Waals surface area contributed by atoms with Crippen molar-refractivity contribution in [3.8, 4) is 5.75 Å². The normalized spacial score (nSPS) is 35.3. The summed E-state index contributed by atoms with van der Waals surface area (Å²) in [5.74, 6) is 2.51. The van der Waals surface area contributed by atoms with Crippen LogP contribution in [0.3, 0.4) is 0 Å². The van der Waals surface area contributed by atoms with Crippen LogP contribution in [0.15, 0.2) is 18.2 Å². The van der Waals surface area contributed by atoms with Gasteiger partial charge in [0.1, 0.15) is 17.2 Å². The lowest BCUT2D eigenvalue weighted by atomic mass is 9.71. The van der Waals surface area contributed by atoms with E-state index in [1.165, 1.54) is 38.2 Å². The van der Waals surface area contributed by atoms with Gasteiger partial charge in [0, 0.05) is 18.0 Å². The largest absolute Gasteiger partial charge is 0.487 e. The number of halogens is 1. The fourth-order valence-corrected chi connectivity index (χ4v) is 4.52. The Morgan fingerprint density at radius 2 is 2.05 bits per heavy atom. The Labute approximate surface area is 126 Å². The molecule has 3 aliphatic rings. The third-order valence-electron chi connectivity index (χ3n) is 5.73. The molecule has 114 valence electrons. The number of fused-ring (bicyclic) bond motifs is 1. The average molecular weight is 289 g/mol. The first-order chi connectivity index (χ1) is 10.2. The number of hydrogen-bond acceptors (Lipinski definition) is 2. The van der Waals surface area contributed by atoms with E-state index < -0.39 is 0 Å². The summed E-state index contributed by atoms with van der Waals surface area (Å²) < 4.78 is 20.0. The number of nitrogens with one attached hydrogen (secondary N) is 1. The van der Waals surface area contributed by atoms with Crippen LogP contribution in [-0.2, 0) is 0 Å². The molecule has 0 radical (unpaired) electrons. The highest BCUT2D eigenvalue weighted by atomic mass is 19.1. The van der Waals surface area contributed by atoms with Gasteiger partial charge in [0.2, 0.25) is 0 Å². The van der Waals surface area contributed by atoms with Gasteiger partial charge in [-0.25, -0.2) is 4.39 Å². The number of rotatable bonds is 2. The van der Waals surface area contributed by atoms with Gasteiger partial charge in [-0.15, -0.1) is 0 Å². The Bertz CT molecular complexity index is 542. The third-order valence-corrected chi connectivity index (χ3v) is 5.73. The Morgan fingerprint density at radius 3 is 2.81 bits per heavy atom. The van der Waals surface area contributed by atoms with Gasteiger partial charge in [0.15, 0.2) is 0 Å². The Hall–Kier alpha value is -1.09. The van der Waals surface area contributed by atoms with Crippen molar-refractivity contribution in [2.45, 2.75) is 56.6 Å². The molecule has 1 aromatic rings. The molecule has 2 aliphatic carbocycles. The van der Waals surface area contributed by atoms with Crippen molar-refractivity contribution < 1.29 is 9.13 Å². The minimum absolute atomic E-state index is 0.0238. The smallest absolute Gasteiger partial charge is 0.125 e. The molecule has 3 unspecified atom stereocenters. The molecule has 0 saturated heterocycles. The van der Waals surface area contributed by atoms with Gasteiger partial charge in [-0.1, -0.05) is 0 Å². The molecule has 0 bridgehead atoms. The highest BCUT2D eigenvalue weighted by Crippen LogP contribution is 2.52. The molecule has 2 fully saturated rings. The van der Waals surface area contributed by atoms with Crippen molar-refractivity contribution in [3.63, 3.8) is 0 Å². The minimum atomic E-state index is -0.173. The summed E-state index contributed by atoms with van der Waals surface area (Å²) in [6, 6.07) is 5.18. The third kappa shape index (κ3) is 2.46. The predicted octanol–water partition coefficient (Wildman–Crippen LogP) is 4.21. The SMILES string of the molecule is CNC1CC2(CCCC(C3CC3)C2)Oc2ccc(F)cc21. The fraction of sp³-hybridized carbons (Fsp3) is 0.667. The van der Waals surface area contributed by atoms with Gasteiger partial charge < -0.3 is 10.1 Å². The summed E-state index contributed by atoms with van der Waals surface area (Å²) in [5.41, 5.74) is 0.959. The summed E-state index contributed by atoms with van der Waals surface area (Å²) in [7, 11) is 1.97. The molecule has 3 heteroatoms. The quantitative estimate of drug-likeness (QED) is 0.880. The van der Waals surface area contributed by atoms with E-state index >= 15 is 0 Å². The number of hydrogen-bond donors (Lipinski definition) is 1. The van der Waals surface area contributed by atoms with E-state index in [0.717, 1.165) is 36.0 Å². The molecule has 1 aliphatic heterocycles. The molecular formula is C18H24FNO. The maximum absolute atomic E-state index is 13.5. The van der Waals surface area contributed by atoms with Crippen LogP contribution in [0.4, 0.5) is 4.39 Å². The lowest BCUT2D eigenvalue weighted by Crippen LogP contribution is -2.47. The molecule has 2 nitrogen and oxygen atoms in total. The van der Waals surface area contributed by atoms with Gasteiger partial charge in [-0.3, -0.25) is 0 Å². The van der Waals surface area contributed by atoms with Crippen molar-refractivity contribution in [3.05, 3.63) is 29.6 Å². The van der Waals surface area contributed by atoms with Crippen LogP contribution >= 0.6 is 0 Å². The molecule has 1 N–H and O–H groups in total. The van der Waals surface area contributed by atoms with Crippen molar-refractivity contribution in [2.24, 2.45) is 11.8 Å². The zero-order valence-corrected chi connectivity index (χ0v) is 12.7. The van der Waals surface area contributed by atoms with Gasteiger partial charge in [-0.2, -0.15) is 0 Å². The zero-order chi connectivity index (χ0) is 14.4. The van der Waals surface area contributed by atoms with E-state index in [2.05, 4.69) is 5.32 Å². The molecule has 3 atom stereocenters. The fourth-order valence-electron chi connectivity index (χ4n) is 4.52. The summed E-state index contributed by atoms with van der Waals surface area (Å²) in [6.45, 7) is 0. The number of benzene rings is 1. The molecule has 1 heterocycles. The van der Waals surface area contributed by atoms with Crippen LogP contribution in [-0.4, -0.2) is 12.6 Å². The van der Waals surface area contributed by atoms with E-state index in [4.69, 9.17) is 4.74 Å². The van der Waals surface area contributed by atoms with E-state index in [-0.39, 0.29) is 17.5 Å². The van der Waals surface area contributed by atoms with Crippen LogP contribution in [0.5, 0.6) is 5.75 Å². The molecule has 0 aromatic heterocycles. The molecule has 1 aromatic carbocycles. The summed E-state index contributed by atoms with van der Waals surface area (Å²) in [4.78, 5) is 0. The molecule has 1 spiro atoms. The van der Waals surface area contributed by atoms with Crippen molar-refractivity contribution in [1.29, 1.82) is 0 Å². The Balaban J connectivity index is 1.64. The summed E-state index contributed by atoms with van der Waals surface area (Å²) >= 11 is 0. The lowest BCUT2D eigenvalue weighted by Gasteiger charge is -2.47. The van der Waals surface area contributed by atoms with Crippen molar-refractivity contribution in [2.75, 3.05) is 7.05 Å². The van der Waals surface area contributed by atoms with E-state index in [1.54, 1.807) is 6.07 Å². The molecule has 4 rings (SSSR count). The monoisotopic (exact) mass is 289 g/mol. The molecular weight excluding hydrogens is 265 g/mol. The molecule has 0 amide bonds. The van der Waals surface area contributed by atoms with Gasteiger partial charge in [0.25, 0.3) is 0 Å². The Kier molecular flexibility index (Phi) is 3.21. The van der Waals surface area contributed by atoms with Gasteiger partial charge in [-0.05, 0) is 75.6 Å². The highest BCUT2D eigenvalue weighted by molar-refractivity contribution is 5.39. The van der Waals surface area contributed by atoms with Gasteiger partial charge >= 0.3 is 0 Å². The number of ether oxygens (including phenoxy) is 1.